The molecule has 1 unspecified atom stereocenters. The lowest BCUT2D eigenvalue weighted by Gasteiger charge is -2.22. The van der Waals surface area contributed by atoms with Gasteiger partial charge in [0.05, 0.1) is 18.1 Å². The summed E-state index contributed by atoms with van der Waals surface area (Å²) in [6.07, 6.45) is 9.93. The van der Waals surface area contributed by atoms with Crippen LogP contribution < -0.4 is 4.74 Å². The van der Waals surface area contributed by atoms with Gasteiger partial charge in [-0.2, -0.15) is 0 Å². The van der Waals surface area contributed by atoms with Crippen LogP contribution in [0.5, 0.6) is 5.75 Å². The zero-order valence-electron chi connectivity index (χ0n) is 23.2. The molecule has 2 aromatic carbocycles. The fourth-order valence-electron chi connectivity index (χ4n) is 5.74. The van der Waals surface area contributed by atoms with Crippen molar-refractivity contribution < 1.29 is 33.9 Å². The van der Waals surface area contributed by atoms with Gasteiger partial charge in [0, 0.05) is 44.3 Å². The normalized spacial score (nSPS) is 17.1. The number of rotatable bonds is 15. The predicted octanol–water partition coefficient (Wildman–Crippen LogP) is 4.78. The summed E-state index contributed by atoms with van der Waals surface area (Å²) in [6, 6.07) is 13.5. The third-order valence-corrected chi connectivity index (χ3v) is 7.87. The number of fused-ring (bicyclic) bond motifs is 1. The lowest BCUT2D eigenvalue weighted by atomic mass is 9.82. The highest BCUT2D eigenvalue weighted by molar-refractivity contribution is 5.88. The van der Waals surface area contributed by atoms with E-state index in [1.807, 2.05) is 35.2 Å². The molecule has 1 saturated heterocycles. The van der Waals surface area contributed by atoms with Gasteiger partial charge in [0.15, 0.2) is 0 Å². The molecule has 0 aromatic heterocycles. The van der Waals surface area contributed by atoms with E-state index >= 15 is 0 Å². The molecule has 2 N–H and O–H groups in total. The number of aryl methyl sites for hydroxylation is 1. The monoisotopic (exact) mass is 549 g/mol. The Morgan fingerprint density at radius 3 is 2.65 bits per heavy atom. The van der Waals surface area contributed by atoms with Crippen LogP contribution in [0.3, 0.4) is 0 Å². The van der Waals surface area contributed by atoms with Crippen LogP contribution in [0.1, 0.15) is 84.3 Å². The predicted molar refractivity (Wildman–Crippen MR) is 153 cm³/mol. The van der Waals surface area contributed by atoms with Gasteiger partial charge in [-0.05, 0) is 67.9 Å². The summed E-state index contributed by atoms with van der Waals surface area (Å²) < 4.78 is 8.44. The van der Waals surface area contributed by atoms with Crippen molar-refractivity contribution in [3.05, 3.63) is 64.7 Å². The van der Waals surface area contributed by atoms with E-state index in [0.29, 0.717) is 25.0 Å². The molecule has 1 atom stereocenters. The number of carbonyl (C=O) groups is 3. The molecule has 0 bridgehead atoms. The number of aliphatic carboxylic acids is 1. The van der Waals surface area contributed by atoms with Crippen molar-refractivity contribution in [2.45, 2.75) is 70.1 Å². The van der Waals surface area contributed by atoms with Crippen molar-refractivity contribution in [3.8, 4) is 5.75 Å². The van der Waals surface area contributed by atoms with Crippen molar-refractivity contribution in [1.82, 2.24) is 4.90 Å². The molecule has 1 amide bonds. The molecule has 1 aliphatic heterocycles. The molecule has 40 heavy (non-hydrogen) atoms. The van der Waals surface area contributed by atoms with Crippen LogP contribution in [-0.4, -0.2) is 76.5 Å². The SMILES string of the molecule is O=C(O)CCCC[N+](=CC1CCCc2cc(C(=O)O)ccc21)CCc1ccccc1OCCCN1CCCC1=O. The minimum atomic E-state index is -0.903. The second-order valence-electron chi connectivity index (χ2n) is 10.8. The van der Waals surface area contributed by atoms with Crippen molar-refractivity contribution in [2.24, 2.45) is 0 Å². The summed E-state index contributed by atoms with van der Waals surface area (Å²) in [6.45, 7) is 3.67. The van der Waals surface area contributed by atoms with Crippen LogP contribution >= 0.6 is 0 Å². The van der Waals surface area contributed by atoms with Gasteiger partial charge in [-0.1, -0.05) is 24.3 Å². The molecule has 8 nitrogen and oxygen atoms in total. The van der Waals surface area contributed by atoms with Crippen LogP contribution in [0.4, 0.5) is 0 Å². The van der Waals surface area contributed by atoms with E-state index in [1.165, 1.54) is 5.56 Å². The summed E-state index contributed by atoms with van der Waals surface area (Å²) in [4.78, 5) is 36.2. The Labute approximate surface area is 236 Å². The first-order chi connectivity index (χ1) is 19.4. The molecule has 1 aliphatic carbocycles. The van der Waals surface area contributed by atoms with Gasteiger partial charge < -0.3 is 19.8 Å². The van der Waals surface area contributed by atoms with E-state index in [9.17, 15) is 19.5 Å². The first-order valence-corrected chi connectivity index (χ1v) is 14.6. The minimum Gasteiger partial charge on any atom is -0.493 e. The van der Waals surface area contributed by atoms with Crippen molar-refractivity contribution in [2.75, 3.05) is 32.8 Å². The molecule has 2 aromatic rings. The Morgan fingerprint density at radius 2 is 1.88 bits per heavy atom. The van der Waals surface area contributed by atoms with Crippen LogP contribution in [-0.2, 0) is 22.4 Å². The maximum atomic E-state index is 11.8. The van der Waals surface area contributed by atoms with E-state index in [0.717, 1.165) is 88.0 Å². The molecule has 8 heteroatoms. The number of aromatic carboxylic acids is 1. The highest BCUT2D eigenvalue weighted by Gasteiger charge is 2.24. The number of para-hydroxylation sites is 1. The van der Waals surface area contributed by atoms with Crippen LogP contribution in [0.25, 0.3) is 0 Å². The zero-order chi connectivity index (χ0) is 28.3. The Kier molecular flexibility index (Phi) is 10.7. The van der Waals surface area contributed by atoms with E-state index in [4.69, 9.17) is 9.84 Å². The van der Waals surface area contributed by atoms with Crippen LogP contribution in [0.2, 0.25) is 0 Å². The second kappa shape index (κ2) is 14.6. The minimum absolute atomic E-state index is 0.164. The summed E-state index contributed by atoms with van der Waals surface area (Å²) in [5, 5.41) is 18.5. The van der Waals surface area contributed by atoms with Gasteiger partial charge in [0.2, 0.25) is 5.91 Å². The smallest absolute Gasteiger partial charge is 0.335 e. The number of benzene rings is 2. The summed E-state index contributed by atoms with van der Waals surface area (Å²) >= 11 is 0. The zero-order valence-corrected chi connectivity index (χ0v) is 23.2. The molecular weight excluding hydrogens is 508 g/mol. The Hall–Kier alpha value is -3.68. The Balaban J connectivity index is 1.42. The summed E-state index contributed by atoms with van der Waals surface area (Å²) in [7, 11) is 0. The first-order valence-electron chi connectivity index (χ1n) is 14.6. The third-order valence-electron chi connectivity index (χ3n) is 7.87. The number of hydrogen-bond donors (Lipinski definition) is 2. The standard InChI is InChI=1S/C32H40N2O6/c35-30-12-6-18-34(30)19-7-21-40-29-11-2-1-8-24(29)16-20-33(17-4-3-13-31(36)37)23-27-10-5-9-25-22-26(32(38)39)14-15-28(25)27/h1-2,8,11,14-15,22-23,27H,3-7,9-10,12-13,16-21H2,(H-,36,37,38,39)/p+1. The highest BCUT2D eigenvalue weighted by Crippen LogP contribution is 2.31. The van der Waals surface area contributed by atoms with Crippen LogP contribution in [0, 0.1) is 0 Å². The largest absolute Gasteiger partial charge is 0.493 e. The fourth-order valence-corrected chi connectivity index (χ4v) is 5.74. The highest BCUT2D eigenvalue weighted by atomic mass is 16.5. The number of hydrogen-bond acceptors (Lipinski definition) is 4. The number of unbranched alkanes of at least 4 members (excludes halogenated alkanes) is 1. The molecule has 1 fully saturated rings. The maximum Gasteiger partial charge on any atom is 0.335 e. The van der Waals surface area contributed by atoms with Crippen molar-refractivity contribution in [1.29, 1.82) is 0 Å². The third kappa shape index (κ3) is 8.41. The molecule has 0 saturated carbocycles. The Morgan fingerprint density at radius 1 is 1.02 bits per heavy atom. The number of carbonyl (C=O) groups excluding carboxylic acids is 1. The summed E-state index contributed by atoms with van der Waals surface area (Å²) in [5.41, 5.74) is 3.74. The average molecular weight is 550 g/mol. The fraction of sp³-hybridized carbons (Fsp3) is 0.500. The molecule has 4 rings (SSSR count). The van der Waals surface area contributed by atoms with E-state index in [2.05, 4.69) is 16.9 Å². The van der Waals surface area contributed by atoms with Gasteiger partial charge in [-0.25, -0.2) is 9.37 Å². The van der Waals surface area contributed by atoms with E-state index in [1.54, 1.807) is 6.07 Å². The quantitative estimate of drug-likeness (QED) is 0.188. The summed E-state index contributed by atoms with van der Waals surface area (Å²) in [5.74, 6) is -0.371. The number of likely N-dealkylation sites (tertiary alicyclic amines) is 1. The second-order valence-corrected chi connectivity index (χ2v) is 10.8. The van der Waals surface area contributed by atoms with Gasteiger partial charge in [0.1, 0.15) is 25.1 Å². The molecule has 1 heterocycles. The van der Waals surface area contributed by atoms with Crippen molar-refractivity contribution in [3.63, 3.8) is 0 Å². The van der Waals surface area contributed by atoms with E-state index in [-0.39, 0.29) is 18.2 Å². The van der Waals surface area contributed by atoms with Gasteiger partial charge in [-0.3, -0.25) is 9.59 Å². The number of nitrogens with zero attached hydrogens (tertiary/aromatic N) is 2. The number of ether oxygens (including phenoxy) is 1. The molecule has 214 valence electrons. The molecular formula is C32H41N2O6+. The van der Waals surface area contributed by atoms with E-state index < -0.39 is 11.9 Å². The topological polar surface area (TPSA) is 107 Å². The lowest BCUT2D eigenvalue weighted by Crippen LogP contribution is -2.26. The lowest BCUT2D eigenvalue weighted by molar-refractivity contribution is -0.525. The Bertz CT molecular complexity index is 1220. The average Bonchev–Trinajstić information content (AvgIpc) is 3.36. The van der Waals surface area contributed by atoms with Gasteiger partial charge >= 0.3 is 11.9 Å². The first kappa shape index (κ1) is 29.3. The van der Waals surface area contributed by atoms with Gasteiger partial charge in [-0.15, -0.1) is 0 Å². The maximum absolute atomic E-state index is 11.8. The molecule has 0 radical (unpaired) electrons. The number of carboxylic acid groups (broad SMARTS) is 2. The molecule has 2 aliphatic rings. The van der Waals surface area contributed by atoms with Crippen LogP contribution in [0.15, 0.2) is 42.5 Å². The van der Waals surface area contributed by atoms with Crippen molar-refractivity contribution >= 4 is 24.1 Å². The van der Waals surface area contributed by atoms with Gasteiger partial charge in [0.25, 0.3) is 0 Å². The number of amides is 1. The molecule has 0 spiro atoms. The number of carboxylic acids is 2.